The minimum absolute atomic E-state index is 0.0529. The van der Waals surface area contributed by atoms with Crippen molar-refractivity contribution in [1.29, 1.82) is 0 Å². The van der Waals surface area contributed by atoms with Crippen LogP contribution in [0.15, 0.2) is 48.9 Å². The maximum Gasteiger partial charge on any atom is 0.258 e. The van der Waals surface area contributed by atoms with Gasteiger partial charge in [-0.25, -0.2) is 14.6 Å². The first-order valence-electron chi connectivity index (χ1n) is 8.76. The standard InChI is InChI=1S/C19H22N6O3/c1-14-7-10-25(24-14)18-11-17(22-13-23-18)20-8-9-21-19(26)12-28-16-5-3-15(27-2)4-6-16/h3-7,10-11,13H,8-9,12H2,1-2H3,(H,21,26)(H,20,22,23). The number of ether oxygens (including phenoxy) is 2. The lowest BCUT2D eigenvalue weighted by Crippen LogP contribution is -2.32. The fourth-order valence-electron chi connectivity index (χ4n) is 2.38. The molecule has 2 aromatic heterocycles. The Morgan fingerprint density at radius 1 is 1.11 bits per heavy atom. The first kappa shape index (κ1) is 19.2. The van der Waals surface area contributed by atoms with Crippen LogP contribution in [0.2, 0.25) is 0 Å². The van der Waals surface area contributed by atoms with Crippen molar-refractivity contribution in [2.24, 2.45) is 0 Å². The summed E-state index contributed by atoms with van der Waals surface area (Å²) >= 11 is 0. The van der Waals surface area contributed by atoms with Crippen LogP contribution in [0.3, 0.4) is 0 Å². The van der Waals surface area contributed by atoms with Crippen LogP contribution in [-0.4, -0.2) is 52.5 Å². The molecule has 9 heteroatoms. The third-order valence-electron chi connectivity index (χ3n) is 3.79. The second-order valence-electron chi connectivity index (χ2n) is 5.90. The maximum absolute atomic E-state index is 11.9. The van der Waals surface area contributed by atoms with Gasteiger partial charge in [0.15, 0.2) is 12.4 Å². The van der Waals surface area contributed by atoms with Gasteiger partial charge in [-0.3, -0.25) is 4.79 Å². The number of benzene rings is 1. The van der Waals surface area contributed by atoms with Gasteiger partial charge in [-0.2, -0.15) is 5.10 Å². The molecule has 146 valence electrons. The van der Waals surface area contributed by atoms with Crippen LogP contribution in [0.1, 0.15) is 5.69 Å². The zero-order chi connectivity index (χ0) is 19.8. The lowest BCUT2D eigenvalue weighted by molar-refractivity contribution is -0.123. The first-order valence-corrected chi connectivity index (χ1v) is 8.76. The number of anilines is 1. The Labute approximate surface area is 162 Å². The van der Waals surface area contributed by atoms with Crippen molar-refractivity contribution in [3.8, 4) is 17.3 Å². The number of hydrogen-bond acceptors (Lipinski definition) is 7. The summed E-state index contributed by atoms with van der Waals surface area (Å²) in [6.45, 7) is 2.81. The molecular formula is C19H22N6O3. The van der Waals surface area contributed by atoms with Crippen molar-refractivity contribution in [2.45, 2.75) is 6.92 Å². The number of amides is 1. The molecule has 2 heterocycles. The Morgan fingerprint density at radius 3 is 2.61 bits per heavy atom. The van der Waals surface area contributed by atoms with Crippen LogP contribution in [0.5, 0.6) is 11.5 Å². The number of carbonyl (C=O) groups is 1. The normalized spacial score (nSPS) is 10.4. The number of aromatic nitrogens is 4. The predicted octanol–water partition coefficient (Wildman–Crippen LogP) is 1.59. The zero-order valence-electron chi connectivity index (χ0n) is 15.8. The molecule has 1 aromatic carbocycles. The molecule has 0 aliphatic heterocycles. The summed E-state index contributed by atoms with van der Waals surface area (Å²) in [5, 5.41) is 10.2. The van der Waals surface area contributed by atoms with E-state index < -0.39 is 0 Å². The molecule has 0 saturated carbocycles. The summed E-state index contributed by atoms with van der Waals surface area (Å²) in [6.07, 6.45) is 3.31. The number of nitrogens with zero attached hydrogens (tertiary/aromatic N) is 4. The fourth-order valence-corrected chi connectivity index (χ4v) is 2.38. The molecule has 0 unspecified atom stereocenters. The number of carbonyl (C=O) groups excluding carboxylic acids is 1. The lowest BCUT2D eigenvalue weighted by Gasteiger charge is -2.09. The zero-order valence-corrected chi connectivity index (χ0v) is 15.8. The van der Waals surface area contributed by atoms with E-state index in [2.05, 4.69) is 25.7 Å². The van der Waals surface area contributed by atoms with E-state index in [0.717, 1.165) is 11.4 Å². The Hall–Kier alpha value is -3.62. The quantitative estimate of drug-likeness (QED) is 0.542. The first-order chi connectivity index (χ1) is 13.6. The summed E-state index contributed by atoms with van der Waals surface area (Å²) in [5.74, 6) is 2.47. The fraction of sp³-hybridized carbons (Fsp3) is 0.263. The number of methoxy groups -OCH3 is 1. The highest BCUT2D eigenvalue weighted by Crippen LogP contribution is 2.16. The molecule has 9 nitrogen and oxygen atoms in total. The van der Waals surface area contributed by atoms with E-state index in [4.69, 9.17) is 9.47 Å². The molecule has 3 aromatic rings. The molecule has 3 rings (SSSR count). The number of rotatable bonds is 9. The van der Waals surface area contributed by atoms with Gasteiger partial charge in [-0.1, -0.05) is 0 Å². The molecule has 0 radical (unpaired) electrons. The van der Waals surface area contributed by atoms with Gasteiger partial charge in [-0.05, 0) is 37.3 Å². The summed E-state index contributed by atoms with van der Waals surface area (Å²) < 4.78 is 12.2. The van der Waals surface area contributed by atoms with Gasteiger partial charge in [-0.15, -0.1) is 0 Å². The third-order valence-corrected chi connectivity index (χ3v) is 3.79. The smallest absolute Gasteiger partial charge is 0.258 e. The molecule has 0 spiro atoms. The van der Waals surface area contributed by atoms with Crippen molar-refractivity contribution in [3.05, 3.63) is 54.6 Å². The van der Waals surface area contributed by atoms with Crippen molar-refractivity contribution in [3.63, 3.8) is 0 Å². The number of aryl methyl sites for hydroxylation is 1. The molecule has 0 atom stereocenters. The van der Waals surface area contributed by atoms with Crippen LogP contribution in [-0.2, 0) is 4.79 Å². The molecule has 0 aliphatic carbocycles. The molecule has 2 N–H and O–H groups in total. The Bertz CT molecular complexity index is 910. The van der Waals surface area contributed by atoms with E-state index in [1.807, 2.05) is 19.2 Å². The minimum atomic E-state index is -0.201. The average molecular weight is 382 g/mol. The van der Waals surface area contributed by atoms with E-state index in [-0.39, 0.29) is 12.5 Å². The number of hydrogen-bond donors (Lipinski definition) is 2. The Morgan fingerprint density at radius 2 is 1.89 bits per heavy atom. The van der Waals surface area contributed by atoms with Gasteiger partial charge < -0.3 is 20.1 Å². The topological polar surface area (TPSA) is 103 Å². The molecule has 1 amide bonds. The average Bonchev–Trinajstić information content (AvgIpc) is 3.17. The molecular weight excluding hydrogens is 360 g/mol. The Balaban J connectivity index is 1.38. The van der Waals surface area contributed by atoms with Crippen molar-refractivity contribution in [2.75, 3.05) is 32.1 Å². The van der Waals surface area contributed by atoms with Crippen LogP contribution in [0.4, 0.5) is 5.82 Å². The van der Waals surface area contributed by atoms with Gasteiger partial charge in [0.2, 0.25) is 0 Å². The van der Waals surface area contributed by atoms with Gasteiger partial charge in [0.1, 0.15) is 23.6 Å². The lowest BCUT2D eigenvalue weighted by atomic mass is 10.3. The van der Waals surface area contributed by atoms with Crippen LogP contribution >= 0.6 is 0 Å². The monoisotopic (exact) mass is 382 g/mol. The summed E-state index contributed by atoms with van der Waals surface area (Å²) in [5.41, 5.74) is 0.910. The van der Waals surface area contributed by atoms with Crippen molar-refractivity contribution >= 4 is 11.7 Å². The highest BCUT2D eigenvalue weighted by Gasteiger charge is 2.04. The summed E-state index contributed by atoms with van der Waals surface area (Å²) in [7, 11) is 1.60. The van der Waals surface area contributed by atoms with Crippen molar-refractivity contribution < 1.29 is 14.3 Å². The molecule has 0 fully saturated rings. The highest BCUT2D eigenvalue weighted by molar-refractivity contribution is 5.77. The highest BCUT2D eigenvalue weighted by atomic mass is 16.5. The van der Waals surface area contributed by atoms with Gasteiger partial charge in [0, 0.05) is 25.4 Å². The van der Waals surface area contributed by atoms with Crippen LogP contribution < -0.4 is 20.1 Å². The summed E-state index contributed by atoms with van der Waals surface area (Å²) in [6, 6.07) is 10.7. The molecule has 0 bridgehead atoms. The second kappa shape index (κ2) is 9.36. The molecule has 0 aliphatic rings. The SMILES string of the molecule is COc1ccc(OCC(=O)NCCNc2cc(-n3ccc(C)n3)ncn2)cc1. The second-order valence-corrected chi connectivity index (χ2v) is 5.90. The maximum atomic E-state index is 11.9. The van der Waals surface area contributed by atoms with Gasteiger partial charge >= 0.3 is 0 Å². The minimum Gasteiger partial charge on any atom is -0.497 e. The Kier molecular flexibility index (Phi) is 6.40. The summed E-state index contributed by atoms with van der Waals surface area (Å²) in [4.78, 5) is 20.2. The van der Waals surface area contributed by atoms with Crippen molar-refractivity contribution in [1.82, 2.24) is 25.1 Å². The van der Waals surface area contributed by atoms with Crippen LogP contribution in [0.25, 0.3) is 5.82 Å². The molecule has 28 heavy (non-hydrogen) atoms. The van der Waals surface area contributed by atoms with Gasteiger partial charge in [0.25, 0.3) is 5.91 Å². The molecule has 0 saturated heterocycles. The van der Waals surface area contributed by atoms with E-state index in [1.165, 1.54) is 6.33 Å². The van der Waals surface area contributed by atoms with Gasteiger partial charge in [0.05, 0.1) is 12.8 Å². The van der Waals surface area contributed by atoms with Crippen LogP contribution in [0, 0.1) is 6.92 Å². The third kappa shape index (κ3) is 5.44. The predicted molar refractivity (Wildman–Crippen MR) is 104 cm³/mol. The van der Waals surface area contributed by atoms with E-state index in [9.17, 15) is 4.79 Å². The number of nitrogens with one attached hydrogen (secondary N) is 2. The largest absolute Gasteiger partial charge is 0.497 e. The van der Waals surface area contributed by atoms with E-state index in [0.29, 0.717) is 30.5 Å². The van der Waals surface area contributed by atoms with E-state index >= 15 is 0 Å². The van der Waals surface area contributed by atoms with E-state index in [1.54, 1.807) is 42.1 Å².